The van der Waals surface area contributed by atoms with E-state index >= 15 is 4.39 Å². The van der Waals surface area contributed by atoms with Crippen LogP contribution >= 0.6 is 0 Å². The smallest absolute Gasteiger partial charge is 0.335 e. The molecule has 0 atom stereocenters. The highest BCUT2D eigenvalue weighted by atomic mass is 19.1. The highest BCUT2D eigenvalue weighted by Crippen LogP contribution is 2.38. The molecule has 0 spiro atoms. The number of carbonyl (C=O) groups is 3. The van der Waals surface area contributed by atoms with Crippen LogP contribution in [-0.2, 0) is 0 Å². The summed E-state index contributed by atoms with van der Waals surface area (Å²) in [6.45, 7) is 0. The Morgan fingerprint density at radius 3 is 1.82 bits per heavy atom. The van der Waals surface area contributed by atoms with Gasteiger partial charge < -0.3 is 24.6 Å². The Hall–Kier alpha value is -5.51. The van der Waals surface area contributed by atoms with Gasteiger partial charge in [-0.25, -0.2) is 23.8 Å². The van der Waals surface area contributed by atoms with Crippen molar-refractivity contribution in [3.63, 3.8) is 0 Å². The molecule has 0 amide bonds. The van der Waals surface area contributed by atoms with Crippen LogP contribution in [0.3, 0.4) is 0 Å². The van der Waals surface area contributed by atoms with Crippen LogP contribution < -0.4 is 4.74 Å². The molecule has 1 aliphatic carbocycles. The molecule has 1 saturated carbocycles. The van der Waals surface area contributed by atoms with Crippen LogP contribution in [0.15, 0.2) is 84.9 Å². The Labute approximate surface area is 257 Å². The molecule has 4 aromatic carbocycles. The van der Waals surface area contributed by atoms with Gasteiger partial charge in [0.05, 0.1) is 33.3 Å². The molecule has 0 bridgehead atoms. The number of imidazole rings is 1. The number of rotatable bonds is 9. The SMILES string of the molecule is O=C(O)c1ccc(C(Oc2ccc(-c3nc4cc(C(=O)O)ccc4n3C3CCCCC3)c(F)c2)c2ccc(C(=O)O)cc2)cc1. The summed E-state index contributed by atoms with van der Waals surface area (Å²) in [7, 11) is 0. The first kappa shape index (κ1) is 29.6. The van der Waals surface area contributed by atoms with Gasteiger partial charge in [-0.1, -0.05) is 43.5 Å². The van der Waals surface area contributed by atoms with Crippen molar-refractivity contribution >= 4 is 28.9 Å². The molecular weight excluding hydrogens is 579 g/mol. The van der Waals surface area contributed by atoms with Crippen molar-refractivity contribution in [3.05, 3.63) is 119 Å². The second-order valence-electron chi connectivity index (χ2n) is 11.1. The molecule has 1 fully saturated rings. The van der Waals surface area contributed by atoms with Crippen LogP contribution in [0.25, 0.3) is 22.4 Å². The van der Waals surface area contributed by atoms with Crippen LogP contribution in [0, 0.1) is 5.82 Å². The number of nitrogens with zero attached hydrogens (tertiary/aromatic N) is 2. The van der Waals surface area contributed by atoms with Gasteiger partial charge in [-0.3, -0.25) is 0 Å². The van der Waals surface area contributed by atoms with Gasteiger partial charge in [-0.15, -0.1) is 0 Å². The van der Waals surface area contributed by atoms with Gasteiger partial charge >= 0.3 is 17.9 Å². The van der Waals surface area contributed by atoms with Gasteiger partial charge in [0.2, 0.25) is 0 Å². The fraction of sp³-hybridized carbons (Fsp3) is 0.200. The summed E-state index contributed by atoms with van der Waals surface area (Å²) in [6, 6.07) is 21.5. The average molecular weight is 609 g/mol. The van der Waals surface area contributed by atoms with Gasteiger partial charge in [0.25, 0.3) is 0 Å². The molecule has 0 aliphatic heterocycles. The van der Waals surface area contributed by atoms with E-state index in [4.69, 9.17) is 9.72 Å². The number of hydrogen-bond donors (Lipinski definition) is 3. The van der Waals surface area contributed by atoms with E-state index in [1.54, 1.807) is 42.5 Å². The molecule has 228 valence electrons. The summed E-state index contributed by atoms with van der Waals surface area (Å²) in [4.78, 5) is 39.1. The maximum Gasteiger partial charge on any atom is 0.335 e. The first-order valence-corrected chi connectivity index (χ1v) is 14.6. The molecule has 0 unspecified atom stereocenters. The van der Waals surface area contributed by atoms with Gasteiger partial charge in [-0.05, 0) is 78.6 Å². The highest BCUT2D eigenvalue weighted by Gasteiger charge is 2.25. The van der Waals surface area contributed by atoms with Crippen LogP contribution in [0.4, 0.5) is 4.39 Å². The first-order valence-electron chi connectivity index (χ1n) is 14.6. The van der Waals surface area contributed by atoms with Crippen molar-refractivity contribution < 1.29 is 38.8 Å². The number of halogens is 1. The lowest BCUT2D eigenvalue weighted by Gasteiger charge is -2.26. The number of benzene rings is 4. The number of carboxylic acid groups (broad SMARTS) is 3. The first-order chi connectivity index (χ1) is 21.7. The maximum atomic E-state index is 16.0. The Morgan fingerprint density at radius 2 is 1.29 bits per heavy atom. The number of hydrogen-bond acceptors (Lipinski definition) is 5. The van der Waals surface area contributed by atoms with Crippen LogP contribution in [0.5, 0.6) is 5.75 Å². The third-order valence-electron chi connectivity index (χ3n) is 8.23. The molecule has 0 saturated heterocycles. The van der Waals surface area contributed by atoms with Crippen LogP contribution in [0.2, 0.25) is 0 Å². The standard InChI is InChI=1S/C35H29FN2O7/c36-28-19-26(45-31(20-6-10-22(11-7-20)33(39)40)21-8-12-23(13-9-21)34(41)42)15-16-27(28)32-37-29-18-24(35(43)44)14-17-30(29)38(32)25-4-2-1-3-5-25/h6-19,25,31H,1-5H2,(H,39,40)(H,41,42)(H,43,44). The Morgan fingerprint density at radius 1 is 0.733 bits per heavy atom. The van der Waals surface area contributed by atoms with E-state index in [1.165, 1.54) is 42.5 Å². The molecule has 1 aliphatic rings. The number of ether oxygens (including phenoxy) is 1. The minimum atomic E-state index is -1.08. The number of aromatic carboxylic acids is 3. The third kappa shape index (κ3) is 5.99. The zero-order chi connectivity index (χ0) is 31.7. The monoisotopic (exact) mass is 608 g/mol. The molecule has 10 heteroatoms. The minimum absolute atomic E-state index is 0.0884. The summed E-state index contributed by atoms with van der Waals surface area (Å²) >= 11 is 0. The van der Waals surface area contributed by atoms with E-state index < -0.39 is 29.8 Å². The van der Waals surface area contributed by atoms with Crippen molar-refractivity contribution in [3.8, 4) is 17.1 Å². The lowest BCUT2D eigenvalue weighted by Crippen LogP contribution is -2.14. The number of carboxylic acids is 3. The second kappa shape index (κ2) is 12.2. The van der Waals surface area contributed by atoms with Crippen molar-refractivity contribution in [2.45, 2.75) is 44.2 Å². The Bertz CT molecular complexity index is 1850. The summed E-state index contributed by atoms with van der Waals surface area (Å²) < 4.78 is 24.3. The van der Waals surface area contributed by atoms with Crippen LogP contribution in [-0.4, -0.2) is 42.8 Å². The lowest BCUT2D eigenvalue weighted by molar-refractivity contribution is 0.0686. The Kier molecular flexibility index (Phi) is 8.04. The summed E-state index contributed by atoms with van der Waals surface area (Å²) in [6.07, 6.45) is 4.21. The molecule has 3 N–H and O–H groups in total. The quantitative estimate of drug-likeness (QED) is 0.155. The van der Waals surface area contributed by atoms with Gasteiger partial charge in [-0.2, -0.15) is 0 Å². The van der Waals surface area contributed by atoms with E-state index in [0.717, 1.165) is 37.6 Å². The average Bonchev–Trinajstić information content (AvgIpc) is 3.42. The van der Waals surface area contributed by atoms with E-state index in [2.05, 4.69) is 0 Å². The fourth-order valence-corrected chi connectivity index (χ4v) is 5.95. The lowest BCUT2D eigenvalue weighted by atomic mass is 9.94. The molecule has 5 aromatic rings. The number of aromatic nitrogens is 2. The Balaban J connectivity index is 1.39. The van der Waals surface area contributed by atoms with Gasteiger partial charge in [0, 0.05) is 12.1 Å². The fourth-order valence-electron chi connectivity index (χ4n) is 5.95. The normalized spacial score (nSPS) is 13.6. The summed E-state index contributed by atoms with van der Waals surface area (Å²) in [5.74, 6) is -3.21. The molecule has 6 rings (SSSR count). The topological polar surface area (TPSA) is 139 Å². The molecule has 1 heterocycles. The zero-order valence-electron chi connectivity index (χ0n) is 24.0. The molecule has 9 nitrogen and oxygen atoms in total. The van der Waals surface area contributed by atoms with Crippen LogP contribution in [0.1, 0.15) is 86.5 Å². The van der Waals surface area contributed by atoms with E-state index in [-0.39, 0.29) is 34.0 Å². The zero-order valence-corrected chi connectivity index (χ0v) is 24.0. The van der Waals surface area contributed by atoms with E-state index in [1.807, 2.05) is 4.57 Å². The van der Waals surface area contributed by atoms with Crippen molar-refractivity contribution in [2.24, 2.45) is 0 Å². The predicted molar refractivity (Wildman–Crippen MR) is 163 cm³/mol. The van der Waals surface area contributed by atoms with E-state index in [9.17, 15) is 29.7 Å². The maximum absolute atomic E-state index is 16.0. The third-order valence-corrected chi connectivity index (χ3v) is 8.23. The predicted octanol–water partition coefficient (Wildman–Crippen LogP) is 7.61. The largest absolute Gasteiger partial charge is 0.481 e. The van der Waals surface area contributed by atoms with Crippen molar-refractivity contribution in [1.29, 1.82) is 0 Å². The van der Waals surface area contributed by atoms with Gasteiger partial charge in [0.15, 0.2) is 0 Å². The number of fused-ring (bicyclic) bond motifs is 1. The molecular formula is C35H29FN2O7. The second-order valence-corrected chi connectivity index (χ2v) is 11.1. The molecule has 0 radical (unpaired) electrons. The van der Waals surface area contributed by atoms with Gasteiger partial charge in [0.1, 0.15) is 23.5 Å². The highest BCUT2D eigenvalue weighted by molar-refractivity contribution is 5.93. The van der Waals surface area contributed by atoms with E-state index in [0.29, 0.717) is 22.5 Å². The van der Waals surface area contributed by atoms with Crippen molar-refractivity contribution in [2.75, 3.05) is 0 Å². The summed E-state index contributed by atoms with van der Waals surface area (Å²) in [5, 5.41) is 28.2. The molecule has 1 aromatic heterocycles. The summed E-state index contributed by atoms with van der Waals surface area (Å²) in [5.41, 5.74) is 2.92. The minimum Gasteiger partial charge on any atom is -0.481 e. The van der Waals surface area contributed by atoms with Crippen molar-refractivity contribution in [1.82, 2.24) is 9.55 Å². The molecule has 45 heavy (non-hydrogen) atoms.